The first kappa shape index (κ1) is 12.7. The number of fused-ring (bicyclic) bond motifs is 1. The maximum atomic E-state index is 8.90. The number of nitrogens with zero attached hydrogens (tertiary/aromatic N) is 1. The minimum atomic E-state index is -0.311. The molecule has 0 amide bonds. The van der Waals surface area contributed by atoms with Crippen molar-refractivity contribution in [2.75, 3.05) is 19.9 Å². The first-order chi connectivity index (χ1) is 8.61. The standard InChI is InChI=1S/C14H18N2O2/c1-14(2,8-15)9-16-6-5-11-3-4-12-13(7-11)18-10-17-12/h3-4,7,16H,5-6,9-10H2,1-2H3. The quantitative estimate of drug-likeness (QED) is 0.808. The number of ether oxygens (including phenoxy) is 2. The van der Waals surface area contributed by atoms with E-state index in [1.807, 2.05) is 32.0 Å². The summed E-state index contributed by atoms with van der Waals surface area (Å²) in [5.41, 5.74) is 0.899. The second-order valence-corrected chi connectivity index (χ2v) is 5.11. The maximum absolute atomic E-state index is 8.90. The molecule has 2 rings (SSSR count). The Hall–Kier alpha value is -1.73. The molecule has 0 aromatic heterocycles. The van der Waals surface area contributed by atoms with Crippen molar-refractivity contribution in [3.05, 3.63) is 23.8 Å². The van der Waals surface area contributed by atoms with Crippen molar-refractivity contribution < 1.29 is 9.47 Å². The molecule has 1 aliphatic heterocycles. The Kier molecular flexibility index (Phi) is 3.73. The summed E-state index contributed by atoms with van der Waals surface area (Å²) in [6.45, 7) is 5.73. The van der Waals surface area contributed by atoms with Crippen molar-refractivity contribution in [3.8, 4) is 17.6 Å². The molecule has 0 bridgehead atoms. The van der Waals surface area contributed by atoms with Crippen LogP contribution in [0.5, 0.6) is 11.5 Å². The second kappa shape index (κ2) is 5.28. The van der Waals surface area contributed by atoms with Crippen LogP contribution in [0.4, 0.5) is 0 Å². The molecule has 18 heavy (non-hydrogen) atoms. The van der Waals surface area contributed by atoms with Crippen LogP contribution in [0.25, 0.3) is 0 Å². The molecule has 4 heteroatoms. The number of hydrogen-bond acceptors (Lipinski definition) is 4. The zero-order valence-electron chi connectivity index (χ0n) is 10.8. The molecular weight excluding hydrogens is 228 g/mol. The molecule has 1 N–H and O–H groups in total. The van der Waals surface area contributed by atoms with Gasteiger partial charge in [-0.1, -0.05) is 6.07 Å². The van der Waals surface area contributed by atoms with Crippen molar-refractivity contribution >= 4 is 0 Å². The van der Waals surface area contributed by atoms with Crippen LogP contribution in [-0.2, 0) is 6.42 Å². The molecule has 0 spiro atoms. The van der Waals surface area contributed by atoms with Crippen LogP contribution in [0.15, 0.2) is 18.2 Å². The van der Waals surface area contributed by atoms with Crippen molar-refractivity contribution in [3.63, 3.8) is 0 Å². The van der Waals surface area contributed by atoms with Crippen LogP contribution in [0, 0.1) is 16.7 Å². The van der Waals surface area contributed by atoms with Gasteiger partial charge in [-0.05, 0) is 44.5 Å². The SMILES string of the molecule is CC(C)(C#N)CNCCc1ccc2c(c1)OCO2. The largest absolute Gasteiger partial charge is 0.454 e. The third-order valence-electron chi connectivity index (χ3n) is 2.90. The van der Waals surface area contributed by atoms with E-state index in [4.69, 9.17) is 14.7 Å². The Labute approximate surface area is 108 Å². The highest BCUT2D eigenvalue weighted by Gasteiger charge is 2.16. The van der Waals surface area contributed by atoms with Gasteiger partial charge in [0.05, 0.1) is 11.5 Å². The summed E-state index contributed by atoms with van der Waals surface area (Å²) < 4.78 is 10.6. The smallest absolute Gasteiger partial charge is 0.231 e. The lowest BCUT2D eigenvalue weighted by Crippen LogP contribution is -2.29. The third kappa shape index (κ3) is 3.14. The van der Waals surface area contributed by atoms with Gasteiger partial charge in [-0.2, -0.15) is 5.26 Å². The van der Waals surface area contributed by atoms with Gasteiger partial charge < -0.3 is 14.8 Å². The number of nitriles is 1. The number of nitrogens with one attached hydrogen (secondary N) is 1. The van der Waals surface area contributed by atoms with Crippen molar-refractivity contribution in [1.82, 2.24) is 5.32 Å². The van der Waals surface area contributed by atoms with Crippen LogP contribution < -0.4 is 14.8 Å². The summed E-state index contributed by atoms with van der Waals surface area (Å²) in [6, 6.07) is 8.28. The summed E-state index contributed by atoms with van der Waals surface area (Å²) in [4.78, 5) is 0. The van der Waals surface area contributed by atoms with Crippen LogP contribution in [0.1, 0.15) is 19.4 Å². The summed E-state index contributed by atoms with van der Waals surface area (Å²) in [5, 5.41) is 12.2. The summed E-state index contributed by atoms with van der Waals surface area (Å²) in [6.07, 6.45) is 0.915. The van der Waals surface area contributed by atoms with E-state index in [1.54, 1.807) is 0 Å². The maximum Gasteiger partial charge on any atom is 0.231 e. The monoisotopic (exact) mass is 246 g/mol. The molecule has 1 aromatic carbocycles. The van der Waals surface area contributed by atoms with Gasteiger partial charge in [0.1, 0.15) is 0 Å². The average molecular weight is 246 g/mol. The Morgan fingerprint density at radius 2 is 2.11 bits per heavy atom. The topological polar surface area (TPSA) is 54.3 Å². The molecule has 1 heterocycles. The predicted molar refractivity (Wildman–Crippen MR) is 68.5 cm³/mol. The lowest BCUT2D eigenvalue weighted by molar-refractivity contribution is 0.174. The van der Waals surface area contributed by atoms with E-state index in [1.165, 1.54) is 5.56 Å². The summed E-state index contributed by atoms with van der Waals surface area (Å²) >= 11 is 0. The van der Waals surface area contributed by atoms with E-state index < -0.39 is 0 Å². The lowest BCUT2D eigenvalue weighted by Gasteiger charge is -2.15. The third-order valence-corrected chi connectivity index (χ3v) is 2.90. The van der Waals surface area contributed by atoms with Gasteiger partial charge in [-0.25, -0.2) is 0 Å². The van der Waals surface area contributed by atoms with E-state index in [2.05, 4.69) is 11.4 Å². The van der Waals surface area contributed by atoms with Gasteiger partial charge in [0.2, 0.25) is 6.79 Å². The predicted octanol–water partition coefficient (Wildman–Crippen LogP) is 2.10. The molecule has 0 aliphatic carbocycles. The Bertz CT molecular complexity index is 463. The Morgan fingerprint density at radius 1 is 1.33 bits per heavy atom. The normalized spacial score (nSPS) is 13.4. The first-order valence-corrected chi connectivity index (χ1v) is 6.11. The highest BCUT2D eigenvalue weighted by molar-refractivity contribution is 5.44. The molecule has 0 saturated heterocycles. The minimum absolute atomic E-state index is 0.311. The van der Waals surface area contributed by atoms with E-state index in [0.717, 1.165) is 24.5 Å². The fraction of sp³-hybridized carbons (Fsp3) is 0.500. The van der Waals surface area contributed by atoms with Gasteiger partial charge in [-0.15, -0.1) is 0 Å². The minimum Gasteiger partial charge on any atom is -0.454 e. The zero-order chi connectivity index (χ0) is 13.0. The van der Waals surface area contributed by atoms with Crippen LogP contribution >= 0.6 is 0 Å². The van der Waals surface area contributed by atoms with Crippen LogP contribution in [0.3, 0.4) is 0 Å². The van der Waals surface area contributed by atoms with E-state index in [-0.39, 0.29) is 5.41 Å². The molecule has 0 radical (unpaired) electrons. The fourth-order valence-corrected chi connectivity index (χ4v) is 1.77. The zero-order valence-corrected chi connectivity index (χ0v) is 10.8. The lowest BCUT2D eigenvalue weighted by atomic mass is 9.96. The molecule has 1 aliphatic rings. The molecule has 0 unspecified atom stereocenters. The summed E-state index contributed by atoms with van der Waals surface area (Å²) in [7, 11) is 0. The highest BCUT2D eigenvalue weighted by Crippen LogP contribution is 2.32. The van der Waals surface area contributed by atoms with E-state index in [9.17, 15) is 0 Å². The molecule has 1 aromatic rings. The molecular formula is C14H18N2O2. The highest BCUT2D eigenvalue weighted by atomic mass is 16.7. The van der Waals surface area contributed by atoms with Gasteiger partial charge in [-0.3, -0.25) is 0 Å². The first-order valence-electron chi connectivity index (χ1n) is 6.11. The number of benzene rings is 1. The fourth-order valence-electron chi connectivity index (χ4n) is 1.77. The van der Waals surface area contributed by atoms with Gasteiger partial charge in [0.15, 0.2) is 11.5 Å². The van der Waals surface area contributed by atoms with E-state index >= 15 is 0 Å². The van der Waals surface area contributed by atoms with E-state index in [0.29, 0.717) is 13.3 Å². The number of hydrogen-bond donors (Lipinski definition) is 1. The summed E-state index contributed by atoms with van der Waals surface area (Å²) in [5.74, 6) is 1.64. The molecule has 96 valence electrons. The number of rotatable bonds is 5. The average Bonchev–Trinajstić information content (AvgIpc) is 2.82. The molecule has 0 atom stereocenters. The molecule has 0 saturated carbocycles. The molecule has 0 fully saturated rings. The van der Waals surface area contributed by atoms with Gasteiger partial charge >= 0.3 is 0 Å². The van der Waals surface area contributed by atoms with Gasteiger partial charge in [0.25, 0.3) is 0 Å². The van der Waals surface area contributed by atoms with Crippen molar-refractivity contribution in [1.29, 1.82) is 5.26 Å². The Balaban J connectivity index is 1.79. The van der Waals surface area contributed by atoms with Crippen LogP contribution in [-0.4, -0.2) is 19.9 Å². The van der Waals surface area contributed by atoms with Gasteiger partial charge in [0, 0.05) is 6.54 Å². The van der Waals surface area contributed by atoms with Crippen molar-refractivity contribution in [2.45, 2.75) is 20.3 Å². The Morgan fingerprint density at radius 3 is 2.89 bits per heavy atom. The second-order valence-electron chi connectivity index (χ2n) is 5.11. The van der Waals surface area contributed by atoms with Crippen LogP contribution in [0.2, 0.25) is 0 Å². The van der Waals surface area contributed by atoms with Crippen molar-refractivity contribution in [2.24, 2.45) is 5.41 Å². The molecule has 4 nitrogen and oxygen atoms in total.